The molecule has 6 nitrogen and oxygen atoms in total. The lowest BCUT2D eigenvalue weighted by Crippen LogP contribution is -2.03. The number of methoxy groups -OCH3 is 1. The van der Waals surface area contributed by atoms with Crippen molar-refractivity contribution in [2.45, 2.75) is 19.8 Å². The van der Waals surface area contributed by atoms with Crippen LogP contribution in [0.25, 0.3) is 0 Å². The zero-order valence-corrected chi connectivity index (χ0v) is 11.9. The first-order chi connectivity index (χ1) is 9.75. The van der Waals surface area contributed by atoms with Gasteiger partial charge in [-0.25, -0.2) is 0 Å². The minimum absolute atomic E-state index is 0.199. The topological polar surface area (TPSA) is 69.2 Å². The first kappa shape index (κ1) is 14.0. The monoisotopic (exact) mass is 274 g/mol. The number of aryl methyl sites for hydroxylation is 1. The molecule has 106 valence electrons. The summed E-state index contributed by atoms with van der Waals surface area (Å²) in [6.07, 6.45) is 2.18. The van der Waals surface area contributed by atoms with Gasteiger partial charge in [0.15, 0.2) is 0 Å². The van der Waals surface area contributed by atoms with Crippen molar-refractivity contribution in [2.24, 2.45) is 0 Å². The molecule has 0 aliphatic carbocycles. The number of hydrogen-bond acceptors (Lipinski definition) is 6. The third kappa shape index (κ3) is 3.57. The van der Waals surface area contributed by atoms with Gasteiger partial charge in [-0.3, -0.25) is 0 Å². The summed E-state index contributed by atoms with van der Waals surface area (Å²) in [5.41, 5.74) is 1.28. The van der Waals surface area contributed by atoms with Gasteiger partial charge in [0.25, 0.3) is 0 Å². The third-order valence-corrected chi connectivity index (χ3v) is 2.67. The Morgan fingerprint density at radius 3 is 2.35 bits per heavy atom. The molecule has 20 heavy (non-hydrogen) atoms. The molecule has 0 unspecified atom stereocenters. The molecule has 0 saturated carbocycles. The van der Waals surface area contributed by atoms with Crippen LogP contribution in [0.1, 0.15) is 18.9 Å². The molecule has 0 atom stereocenters. The predicted molar refractivity (Wildman–Crippen MR) is 76.4 cm³/mol. The van der Waals surface area contributed by atoms with Crippen LogP contribution in [0.15, 0.2) is 24.3 Å². The van der Waals surface area contributed by atoms with Crippen molar-refractivity contribution in [3.63, 3.8) is 0 Å². The maximum atomic E-state index is 5.61. The predicted octanol–water partition coefficient (Wildman–Crippen LogP) is 2.67. The Morgan fingerprint density at radius 2 is 1.75 bits per heavy atom. The lowest BCUT2D eigenvalue weighted by molar-refractivity contribution is 0.360. The minimum atomic E-state index is 0.199. The lowest BCUT2D eigenvalue weighted by atomic mass is 10.1. The zero-order valence-electron chi connectivity index (χ0n) is 11.9. The molecular formula is C14H18N4O2. The SMILES string of the molecule is CCCc1ccc(Oc2nc(NC)nc(OC)n2)cc1. The second-order valence-corrected chi connectivity index (χ2v) is 4.17. The highest BCUT2D eigenvalue weighted by atomic mass is 16.5. The maximum absolute atomic E-state index is 5.61. The molecule has 2 rings (SSSR count). The van der Waals surface area contributed by atoms with Crippen molar-refractivity contribution in [1.82, 2.24) is 15.0 Å². The average Bonchev–Trinajstić information content (AvgIpc) is 2.49. The summed E-state index contributed by atoms with van der Waals surface area (Å²) in [5.74, 6) is 1.08. The largest absolute Gasteiger partial charge is 0.467 e. The van der Waals surface area contributed by atoms with E-state index in [1.807, 2.05) is 24.3 Å². The summed E-state index contributed by atoms with van der Waals surface area (Å²) in [4.78, 5) is 12.2. The van der Waals surface area contributed by atoms with E-state index in [-0.39, 0.29) is 12.0 Å². The van der Waals surface area contributed by atoms with Crippen LogP contribution < -0.4 is 14.8 Å². The number of benzene rings is 1. The van der Waals surface area contributed by atoms with Gasteiger partial charge in [-0.2, -0.15) is 9.97 Å². The Labute approximate surface area is 118 Å². The normalized spacial score (nSPS) is 10.2. The summed E-state index contributed by atoms with van der Waals surface area (Å²) in [7, 11) is 3.22. The number of nitrogens with zero attached hydrogens (tertiary/aromatic N) is 3. The Hall–Kier alpha value is -2.37. The van der Waals surface area contributed by atoms with Crippen LogP contribution in [0.2, 0.25) is 0 Å². The van der Waals surface area contributed by atoms with Gasteiger partial charge in [0.05, 0.1) is 7.11 Å². The quantitative estimate of drug-likeness (QED) is 0.873. The fraction of sp³-hybridized carbons (Fsp3) is 0.357. The molecule has 0 radical (unpaired) electrons. The second-order valence-electron chi connectivity index (χ2n) is 4.17. The van der Waals surface area contributed by atoms with E-state index in [1.54, 1.807) is 7.05 Å². The van der Waals surface area contributed by atoms with E-state index in [2.05, 4.69) is 27.2 Å². The van der Waals surface area contributed by atoms with E-state index in [4.69, 9.17) is 9.47 Å². The van der Waals surface area contributed by atoms with E-state index >= 15 is 0 Å². The first-order valence-electron chi connectivity index (χ1n) is 6.49. The molecule has 1 aromatic heterocycles. The standard InChI is InChI=1S/C14H18N4O2/c1-4-5-10-6-8-11(9-7-10)20-14-17-12(15-2)16-13(18-14)19-3/h6-9H,4-5H2,1-3H3,(H,15,16,17,18). The van der Waals surface area contributed by atoms with Crippen LogP contribution in [0.5, 0.6) is 17.8 Å². The number of rotatable bonds is 6. The molecular weight excluding hydrogens is 256 g/mol. The van der Waals surface area contributed by atoms with Crippen LogP contribution in [-0.4, -0.2) is 29.1 Å². The van der Waals surface area contributed by atoms with Crippen molar-refractivity contribution < 1.29 is 9.47 Å². The molecule has 1 N–H and O–H groups in total. The van der Waals surface area contributed by atoms with Crippen molar-refractivity contribution in [2.75, 3.05) is 19.5 Å². The van der Waals surface area contributed by atoms with Crippen LogP contribution >= 0.6 is 0 Å². The van der Waals surface area contributed by atoms with E-state index in [0.717, 1.165) is 12.8 Å². The van der Waals surface area contributed by atoms with Gasteiger partial charge in [0, 0.05) is 7.05 Å². The molecule has 6 heteroatoms. The van der Waals surface area contributed by atoms with Crippen LogP contribution in [0.4, 0.5) is 5.95 Å². The van der Waals surface area contributed by atoms with Gasteiger partial charge in [0.1, 0.15) is 5.75 Å². The van der Waals surface area contributed by atoms with Gasteiger partial charge in [0.2, 0.25) is 5.95 Å². The Morgan fingerprint density at radius 1 is 1.05 bits per heavy atom. The number of aromatic nitrogens is 3. The second kappa shape index (κ2) is 6.70. The summed E-state index contributed by atoms with van der Waals surface area (Å²) in [5, 5.41) is 2.83. The highest BCUT2D eigenvalue weighted by Crippen LogP contribution is 2.21. The van der Waals surface area contributed by atoms with Gasteiger partial charge in [-0.1, -0.05) is 25.5 Å². The molecule has 0 saturated heterocycles. The smallest absolute Gasteiger partial charge is 0.330 e. The minimum Gasteiger partial charge on any atom is -0.467 e. The molecule has 0 fully saturated rings. The van der Waals surface area contributed by atoms with Crippen molar-refractivity contribution in [1.29, 1.82) is 0 Å². The third-order valence-electron chi connectivity index (χ3n) is 2.67. The number of nitrogens with one attached hydrogen (secondary N) is 1. The Kier molecular flexibility index (Phi) is 4.70. The van der Waals surface area contributed by atoms with Gasteiger partial charge in [-0.05, 0) is 24.1 Å². The average molecular weight is 274 g/mol. The first-order valence-corrected chi connectivity index (χ1v) is 6.49. The molecule has 0 aliphatic rings. The highest BCUT2D eigenvalue weighted by molar-refractivity contribution is 5.31. The number of hydrogen-bond donors (Lipinski definition) is 1. The van der Waals surface area contributed by atoms with E-state index < -0.39 is 0 Å². The number of anilines is 1. The summed E-state index contributed by atoms with van der Waals surface area (Å²) < 4.78 is 10.6. The van der Waals surface area contributed by atoms with Gasteiger partial charge < -0.3 is 14.8 Å². The van der Waals surface area contributed by atoms with Gasteiger partial charge >= 0.3 is 12.0 Å². The van der Waals surface area contributed by atoms with E-state index in [0.29, 0.717) is 11.7 Å². The van der Waals surface area contributed by atoms with Crippen molar-refractivity contribution >= 4 is 5.95 Å². The van der Waals surface area contributed by atoms with Crippen LogP contribution in [0, 0.1) is 0 Å². The molecule has 2 aromatic rings. The molecule has 1 heterocycles. The molecule has 0 aliphatic heterocycles. The fourth-order valence-corrected chi connectivity index (χ4v) is 1.70. The lowest BCUT2D eigenvalue weighted by Gasteiger charge is -2.07. The maximum Gasteiger partial charge on any atom is 0.330 e. The molecule has 0 spiro atoms. The Balaban J connectivity index is 2.16. The summed E-state index contributed by atoms with van der Waals surface area (Å²) >= 11 is 0. The highest BCUT2D eigenvalue weighted by Gasteiger charge is 2.07. The van der Waals surface area contributed by atoms with E-state index in [9.17, 15) is 0 Å². The fourth-order valence-electron chi connectivity index (χ4n) is 1.70. The molecule has 0 bridgehead atoms. The van der Waals surface area contributed by atoms with Crippen molar-refractivity contribution in [3.8, 4) is 17.8 Å². The van der Waals surface area contributed by atoms with Crippen LogP contribution in [-0.2, 0) is 6.42 Å². The van der Waals surface area contributed by atoms with Crippen LogP contribution in [0.3, 0.4) is 0 Å². The van der Waals surface area contributed by atoms with E-state index in [1.165, 1.54) is 12.7 Å². The Bertz CT molecular complexity index is 535. The summed E-state index contributed by atoms with van der Waals surface area (Å²) in [6, 6.07) is 8.29. The van der Waals surface area contributed by atoms with Crippen molar-refractivity contribution in [3.05, 3.63) is 29.8 Å². The molecule has 1 aromatic carbocycles. The van der Waals surface area contributed by atoms with Gasteiger partial charge in [-0.15, -0.1) is 4.98 Å². The number of ether oxygens (including phenoxy) is 2. The molecule has 0 amide bonds. The summed E-state index contributed by atoms with van der Waals surface area (Å²) in [6.45, 7) is 2.15. The zero-order chi connectivity index (χ0) is 14.4.